The van der Waals surface area contributed by atoms with Gasteiger partial charge in [-0.2, -0.15) is 0 Å². The number of fused-ring (bicyclic) bond motifs is 1. The lowest BCUT2D eigenvalue weighted by molar-refractivity contribution is 0.0688. The molecule has 0 unspecified atom stereocenters. The number of ether oxygens (including phenoxy) is 1. The van der Waals surface area contributed by atoms with E-state index >= 15 is 0 Å². The van der Waals surface area contributed by atoms with Gasteiger partial charge in [0.25, 0.3) is 0 Å². The van der Waals surface area contributed by atoms with Crippen LogP contribution >= 0.6 is 0 Å². The molecule has 0 atom stereocenters. The SMILES string of the molecule is Cn1c(C(=O)O)c(N)c2ccc(OCc3ccccc3)cc21. The van der Waals surface area contributed by atoms with Gasteiger partial charge in [-0.15, -0.1) is 0 Å². The summed E-state index contributed by atoms with van der Waals surface area (Å²) >= 11 is 0. The second kappa shape index (κ2) is 5.44. The first kappa shape index (κ1) is 14.0. The summed E-state index contributed by atoms with van der Waals surface area (Å²) in [5.41, 5.74) is 8.09. The second-order valence-electron chi connectivity index (χ2n) is 5.08. The fourth-order valence-corrected chi connectivity index (χ4v) is 2.53. The molecular formula is C17H16N2O3. The minimum Gasteiger partial charge on any atom is -0.489 e. The Morgan fingerprint density at radius 3 is 2.64 bits per heavy atom. The Balaban J connectivity index is 1.93. The van der Waals surface area contributed by atoms with Crippen LogP contribution < -0.4 is 10.5 Å². The molecule has 1 aromatic heterocycles. The van der Waals surface area contributed by atoms with Gasteiger partial charge in [-0.05, 0) is 17.7 Å². The molecule has 0 amide bonds. The number of hydrogen-bond acceptors (Lipinski definition) is 3. The number of carboxylic acids is 1. The second-order valence-corrected chi connectivity index (χ2v) is 5.08. The molecule has 0 aliphatic heterocycles. The van der Waals surface area contributed by atoms with Gasteiger partial charge in [0, 0.05) is 18.5 Å². The number of carbonyl (C=O) groups is 1. The highest BCUT2D eigenvalue weighted by Gasteiger charge is 2.18. The van der Waals surface area contributed by atoms with Crippen LogP contribution in [0.3, 0.4) is 0 Å². The van der Waals surface area contributed by atoms with Crippen LogP contribution in [0.5, 0.6) is 5.75 Å². The molecule has 0 fully saturated rings. The van der Waals surface area contributed by atoms with Gasteiger partial charge in [-0.3, -0.25) is 0 Å². The zero-order valence-electron chi connectivity index (χ0n) is 12.1. The maximum atomic E-state index is 11.3. The number of aromatic carboxylic acids is 1. The topological polar surface area (TPSA) is 77.5 Å². The van der Waals surface area contributed by atoms with Crippen molar-refractivity contribution in [3.63, 3.8) is 0 Å². The summed E-state index contributed by atoms with van der Waals surface area (Å²) in [4.78, 5) is 11.3. The average molecular weight is 296 g/mol. The highest BCUT2D eigenvalue weighted by Crippen LogP contribution is 2.30. The fourth-order valence-electron chi connectivity index (χ4n) is 2.53. The van der Waals surface area contributed by atoms with Crippen molar-refractivity contribution in [2.45, 2.75) is 6.61 Å². The van der Waals surface area contributed by atoms with Crippen LogP contribution in [-0.2, 0) is 13.7 Å². The number of nitrogens with two attached hydrogens (primary N) is 1. The lowest BCUT2D eigenvalue weighted by atomic mass is 10.2. The third-order valence-corrected chi connectivity index (χ3v) is 3.66. The highest BCUT2D eigenvalue weighted by molar-refractivity contribution is 6.05. The van der Waals surface area contributed by atoms with E-state index in [4.69, 9.17) is 10.5 Å². The largest absolute Gasteiger partial charge is 0.489 e. The smallest absolute Gasteiger partial charge is 0.354 e. The Morgan fingerprint density at radius 1 is 1.23 bits per heavy atom. The summed E-state index contributed by atoms with van der Waals surface area (Å²) in [6.07, 6.45) is 0. The van der Waals surface area contributed by atoms with Crippen LogP contribution in [0.2, 0.25) is 0 Å². The van der Waals surface area contributed by atoms with Crippen LogP contribution in [0, 0.1) is 0 Å². The molecule has 0 spiro atoms. The van der Waals surface area contributed by atoms with Gasteiger partial charge < -0.3 is 20.1 Å². The third kappa shape index (κ3) is 2.37. The number of anilines is 1. The zero-order valence-corrected chi connectivity index (χ0v) is 12.1. The standard InChI is InChI=1S/C17H16N2O3/c1-19-14-9-12(22-10-11-5-3-2-4-6-11)7-8-13(14)15(18)16(19)17(20)21/h2-9H,10,18H2,1H3,(H,20,21). The number of benzene rings is 2. The molecule has 3 N–H and O–H groups in total. The van der Waals surface area contributed by atoms with Crippen molar-refractivity contribution in [3.05, 3.63) is 59.8 Å². The summed E-state index contributed by atoms with van der Waals surface area (Å²) in [5, 5.41) is 9.95. The summed E-state index contributed by atoms with van der Waals surface area (Å²) < 4.78 is 7.33. The summed E-state index contributed by atoms with van der Waals surface area (Å²) in [6, 6.07) is 15.2. The van der Waals surface area contributed by atoms with Gasteiger partial charge in [-0.1, -0.05) is 30.3 Å². The molecule has 1 heterocycles. The van der Waals surface area contributed by atoms with Crippen molar-refractivity contribution in [2.75, 3.05) is 5.73 Å². The minimum atomic E-state index is -1.04. The normalized spacial score (nSPS) is 10.8. The quantitative estimate of drug-likeness (QED) is 0.775. The molecule has 0 radical (unpaired) electrons. The van der Waals surface area contributed by atoms with E-state index in [0.29, 0.717) is 17.7 Å². The molecule has 3 aromatic rings. The molecule has 22 heavy (non-hydrogen) atoms. The predicted octanol–water partition coefficient (Wildman–Crippen LogP) is 3.04. The fraction of sp³-hybridized carbons (Fsp3) is 0.118. The third-order valence-electron chi connectivity index (χ3n) is 3.66. The number of rotatable bonds is 4. The van der Waals surface area contributed by atoms with E-state index in [9.17, 15) is 9.90 Å². The van der Waals surface area contributed by atoms with Gasteiger partial charge in [0.15, 0.2) is 5.69 Å². The monoisotopic (exact) mass is 296 g/mol. The van der Waals surface area contributed by atoms with E-state index in [1.165, 1.54) is 0 Å². The Hall–Kier alpha value is -2.95. The van der Waals surface area contributed by atoms with E-state index in [1.807, 2.05) is 30.3 Å². The number of nitrogen functional groups attached to an aromatic ring is 1. The van der Waals surface area contributed by atoms with Crippen molar-refractivity contribution in [3.8, 4) is 5.75 Å². The number of aryl methyl sites for hydroxylation is 1. The Labute approximate surface area is 127 Å². The van der Waals surface area contributed by atoms with Crippen molar-refractivity contribution in [1.29, 1.82) is 0 Å². The predicted molar refractivity (Wildman–Crippen MR) is 85.1 cm³/mol. The van der Waals surface area contributed by atoms with Crippen LogP contribution in [-0.4, -0.2) is 15.6 Å². The molecular weight excluding hydrogens is 280 g/mol. The Kier molecular flexibility index (Phi) is 3.47. The van der Waals surface area contributed by atoms with Gasteiger partial charge in [0.05, 0.1) is 11.2 Å². The molecule has 0 aliphatic rings. The van der Waals surface area contributed by atoms with Crippen molar-refractivity contribution < 1.29 is 14.6 Å². The van der Waals surface area contributed by atoms with E-state index in [1.54, 1.807) is 29.8 Å². The van der Waals surface area contributed by atoms with Gasteiger partial charge in [-0.25, -0.2) is 4.79 Å². The van der Waals surface area contributed by atoms with Crippen LogP contribution in [0.15, 0.2) is 48.5 Å². The molecule has 112 valence electrons. The van der Waals surface area contributed by atoms with Crippen molar-refractivity contribution in [1.82, 2.24) is 4.57 Å². The zero-order chi connectivity index (χ0) is 15.7. The lowest BCUT2D eigenvalue weighted by Gasteiger charge is -2.07. The number of aromatic nitrogens is 1. The molecule has 0 saturated carbocycles. The van der Waals surface area contributed by atoms with Crippen molar-refractivity contribution >= 4 is 22.6 Å². The number of carboxylic acid groups (broad SMARTS) is 1. The minimum absolute atomic E-state index is 0.0928. The van der Waals surface area contributed by atoms with Gasteiger partial charge in [0.1, 0.15) is 12.4 Å². The maximum absolute atomic E-state index is 11.3. The lowest BCUT2D eigenvalue weighted by Crippen LogP contribution is -2.06. The van der Waals surface area contributed by atoms with E-state index in [0.717, 1.165) is 11.1 Å². The van der Waals surface area contributed by atoms with Crippen LogP contribution in [0.4, 0.5) is 5.69 Å². The Bertz CT molecular complexity index is 838. The molecule has 5 heteroatoms. The molecule has 0 saturated heterocycles. The van der Waals surface area contributed by atoms with Crippen LogP contribution in [0.25, 0.3) is 10.9 Å². The van der Waals surface area contributed by atoms with E-state index in [-0.39, 0.29) is 11.4 Å². The summed E-state index contributed by atoms with van der Waals surface area (Å²) in [7, 11) is 1.68. The summed E-state index contributed by atoms with van der Waals surface area (Å²) in [5.74, 6) is -0.364. The summed E-state index contributed by atoms with van der Waals surface area (Å²) in [6.45, 7) is 0.456. The maximum Gasteiger partial charge on any atom is 0.354 e. The number of nitrogens with zero attached hydrogens (tertiary/aromatic N) is 1. The first-order chi connectivity index (χ1) is 10.6. The first-order valence-corrected chi connectivity index (χ1v) is 6.86. The Morgan fingerprint density at radius 2 is 1.95 bits per heavy atom. The molecule has 0 aliphatic carbocycles. The van der Waals surface area contributed by atoms with E-state index in [2.05, 4.69) is 0 Å². The molecule has 0 bridgehead atoms. The van der Waals surface area contributed by atoms with E-state index < -0.39 is 5.97 Å². The molecule has 5 nitrogen and oxygen atoms in total. The van der Waals surface area contributed by atoms with Crippen LogP contribution in [0.1, 0.15) is 16.1 Å². The van der Waals surface area contributed by atoms with Gasteiger partial charge in [0.2, 0.25) is 0 Å². The first-order valence-electron chi connectivity index (χ1n) is 6.86. The molecule has 3 rings (SSSR count). The van der Waals surface area contributed by atoms with Gasteiger partial charge >= 0.3 is 5.97 Å². The average Bonchev–Trinajstić information content (AvgIpc) is 2.77. The number of hydrogen-bond donors (Lipinski definition) is 2. The molecule has 2 aromatic carbocycles. The highest BCUT2D eigenvalue weighted by atomic mass is 16.5. The van der Waals surface area contributed by atoms with Crippen molar-refractivity contribution in [2.24, 2.45) is 7.05 Å².